The molecule has 2 atom stereocenters. The second-order valence-corrected chi connectivity index (χ2v) is 13.8. The van der Waals surface area contributed by atoms with Crippen molar-refractivity contribution in [1.82, 2.24) is 10.2 Å². The normalized spacial score (nSPS) is 18.3. The molecule has 9 nitrogen and oxygen atoms in total. The number of anilines is 1. The summed E-state index contributed by atoms with van der Waals surface area (Å²) in [5, 5.41) is 21.3. The molecule has 1 aromatic heterocycles. The second-order valence-electron chi connectivity index (χ2n) is 11.2. The fraction of sp³-hybridized carbons (Fsp3) is 0.314. The van der Waals surface area contributed by atoms with Gasteiger partial charge in [-0.2, -0.15) is 0 Å². The van der Waals surface area contributed by atoms with Crippen LogP contribution in [0.4, 0.5) is 5.13 Å². The van der Waals surface area contributed by atoms with E-state index in [9.17, 15) is 14.7 Å². The molecule has 244 valence electrons. The molecule has 0 radical (unpaired) electrons. The van der Waals surface area contributed by atoms with Gasteiger partial charge in [0.05, 0.1) is 24.8 Å². The summed E-state index contributed by atoms with van der Waals surface area (Å²) in [5.41, 5.74) is 2.90. The van der Waals surface area contributed by atoms with Crippen LogP contribution in [0.3, 0.4) is 0 Å². The largest absolute Gasteiger partial charge is 0.507 e. The highest BCUT2D eigenvalue weighted by molar-refractivity contribution is 8.00. The van der Waals surface area contributed by atoms with Crippen LogP contribution < -0.4 is 19.1 Å². The van der Waals surface area contributed by atoms with Gasteiger partial charge in [0, 0.05) is 22.8 Å². The molecule has 3 heterocycles. The SMILES string of the molecule is CCCCOc1ccc([C@@H]2C(=C(O)c3ccc4c(c3)C[C@@H](C)O4)C(=O)C(=O)N2c2nnc(SCc3ccc(Cl)cc3)s2)cc1OCC. The van der Waals surface area contributed by atoms with E-state index in [4.69, 9.17) is 25.8 Å². The molecular formula is C35H34ClN3O6S2. The number of carbonyl (C=O) groups is 2. The number of amides is 1. The van der Waals surface area contributed by atoms with E-state index < -0.39 is 17.7 Å². The highest BCUT2D eigenvalue weighted by atomic mass is 35.5. The standard InChI is InChI=1S/C35H34ClN3O6S2/c1-4-6-15-44-27-14-9-22(18-28(27)43-5-2)30-29(31(40)23-10-13-26-24(17-23)16-20(3)45-26)32(41)33(42)39(30)34-37-38-35(47-34)46-19-21-7-11-25(36)12-8-21/h7-14,17-18,20,30,40H,4-6,15-16,19H2,1-3H3/t20-,30-/m1/s1. The first-order valence-electron chi connectivity index (χ1n) is 15.5. The molecule has 0 bridgehead atoms. The van der Waals surface area contributed by atoms with Crippen molar-refractivity contribution in [3.8, 4) is 17.2 Å². The number of halogens is 1. The molecular weight excluding hydrogens is 658 g/mol. The first-order chi connectivity index (χ1) is 22.8. The maximum absolute atomic E-state index is 13.8. The number of aromatic nitrogens is 2. The van der Waals surface area contributed by atoms with E-state index in [1.54, 1.807) is 30.3 Å². The number of rotatable bonds is 12. The third-order valence-corrected chi connectivity index (χ3v) is 10.2. The van der Waals surface area contributed by atoms with Crippen LogP contribution in [-0.2, 0) is 21.8 Å². The first-order valence-corrected chi connectivity index (χ1v) is 17.7. The number of nitrogens with zero attached hydrogens (tertiary/aromatic N) is 3. The quantitative estimate of drug-likeness (QED) is 0.0394. The van der Waals surface area contributed by atoms with Gasteiger partial charge < -0.3 is 19.3 Å². The van der Waals surface area contributed by atoms with Crippen LogP contribution in [0.5, 0.6) is 17.2 Å². The number of thioether (sulfide) groups is 1. The lowest BCUT2D eigenvalue weighted by molar-refractivity contribution is -0.132. The number of ether oxygens (including phenoxy) is 3. The third kappa shape index (κ3) is 6.97. The number of hydrogen-bond acceptors (Lipinski definition) is 10. The monoisotopic (exact) mass is 691 g/mol. The summed E-state index contributed by atoms with van der Waals surface area (Å²) in [7, 11) is 0. The molecule has 1 fully saturated rings. The third-order valence-electron chi connectivity index (χ3n) is 7.83. The van der Waals surface area contributed by atoms with E-state index in [-0.39, 0.29) is 22.6 Å². The van der Waals surface area contributed by atoms with Crippen LogP contribution >= 0.6 is 34.7 Å². The molecule has 1 amide bonds. The number of carbonyl (C=O) groups excluding carboxylic acids is 2. The summed E-state index contributed by atoms with van der Waals surface area (Å²) in [5.74, 6) is 0.499. The number of unbranched alkanes of at least 4 members (excludes halogenated alkanes) is 1. The van der Waals surface area contributed by atoms with Crippen molar-refractivity contribution in [1.29, 1.82) is 0 Å². The molecule has 1 N–H and O–H groups in total. The number of aliphatic hydroxyl groups is 1. The summed E-state index contributed by atoms with van der Waals surface area (Å²) in [6, 6.07) is 17.1. The molecule has 0 spiro atoms. The van der Waals surface area contributed by atoms with Crippen LogP contribution in [0.25, 0.3) is 5.76 Å². The highest BCUT2D eigenvalue weighted by Crippen LogP contribution is 2.46. The zero-order valence-corrected chi connectivity index (χ0v) is 28.6. The summed E-state index contributed by atoms with van der Waals surface area (Å²) in [4.78, 5) is 29.0. The average molecular weight is 692 g/mol. The second kappa shape index (κ2) is 14.4. The van der Waals surface area contributed by atoms with E-state index in [2.05, 4.69) is 17.1 Å². The lowest BCUT2D eigenvalue weighted by atomic mass is 9.94. The van der Waals surface area contributed by atoms with Crippen LogP contribution in [0.2, 0.25) is 5.02 Å². The van der Waals surface area contributed by atoms with E-state index in [0.717, 1.165) is 29.7 Å². The Kier molecular flexibility index (Phi) is 10.0. The van der Waals surface area contributed by atoms with E-state index in [1.807, 2.05) is 44.2 Å². The Labute approximate surface area is 286 Å². The molecule has 2 aliphatic rings. The maximum atomic E-state index is 13.8. The fourth-order valence-corrected chi connectivity index (χ4v) is 7.51. The summed E-state index contributed by atoms with van der Waals surface area (Å²) in [6.45, 7) is 6.84. The molecule has 1 saturated heterocycles. The number of Topliss-reactive ketones (excluding diaryl/α,β-unsaturated/α-hetero) is 1. The summed E-state index contributed by atoms with van der Waals surface area (Å²) < 4.78 is 18.4. The Balaban J connectivity index is 1.41. The minimum atomic E-state index is -0.996. The molecule has 47 heavy (non-hydrogen) atoms. The number of fused-ring (bicyclic) bond motifs is 1. The van der Waals surface area contributed by atoms with E-state index in [0.29, 0.717) is 57.4 Å². The Hall–Kier alpha value is -4.06. The predicted octanol–water partition coefficient (Wildman–Crippen LogP) is 8.01. The Bertz CT molecular complexity index is 1830. The van der Waals surface area contributed by atoms with Gasteiger partial charge in [0.25, 0.3) is 5.78 Å². The van der Waals surface area contributed by atoms with Crippen LogP contribution in [-0.4, -0.2) is 46.3 Å². The number of hydrogen-bond donors (Lipinski definition) is 1. The number of ketones is 1. The van der Waals surface area contributed by atoms with Gasteiger partial charge in [0.15, 0.2) is 15.8 Å². The molecule has 0 aliphatic carbocycles. The van der Waals surface area contributed by atoms with Crippen LogP contribution in [0.15, 0.2) is 70.6 Å². The molecule has 3 aromatic carbocycles. The summed E-state index contributed by atoms with van der Waals surface area (Å²) in [6.07, 6.45) is 2.54. The Morgan fingerprint density at radius 1 is 1.06 bits per heavy atom. The fourth-order valence-electron chi connectivity index (χ4n) is 5.56. The Morgan fingerprint density at radius 3 is 2.64 bits per heavy atom. The van der Waals surface area contributed by atoms with Crippen molar-refractivity contribution < 1.29 is 28.9 Å². The topological polar surface area (TPSA) is 111 Å². The average Bonchev–Trinajstić information content (AvgIpc) is 3.76. The van der Waals surface area contributed by atoms with Crippen molar-refractivity contribution in [3.05, 3.63) is 93.5 Å². The van der Waals surface area contributed by atoms with Crippen molar-refractivity contribution in [2.24, 2.45) is 0 Å². The first kappa shape index (κ1) is 32.9. The van der Waals surface area contributed by atoms with Gasteiger partial charge in [-0.3, -0.25) is 14.5 Å². The van der Waals surface area contributed by atoms with Crippen LogP contribution in [0, 0.1) is 0 Å². The van der Waals surface area contributed by atoms with E-state index in [1.165, 1.54) is 28.0 Å². The molecule has 6 rings (SSSR count). The summed E-state index contributed by atoms with van der Waals surface area (Å²) >= 11 is 8.70. The van der Waals surface area contributed by atoms with Crippen molar-refractivity contribution in [2.75, 3.05) is 18.1 Å². The highest BCUT2D eigenvalue weighted by Gasteiger charge is 2.48. The minimum absolute atomic E-state index is 0.00665. The molecule has 2 aliphatic heterocycles. The van der Waals surface area contributed by atoms with Crippen LogP contribution in [0.1, 0.15) is 61.9 Å². The van der Waals surface area contributed by atoms with Gasteiger partial charge in [-0.05, 0) is 79.4 Å². The molecule has 0 saturated carbocycles. The van der Waals surface area contributed by atoms with Gasteiger partial charge in [0.2, 0.25) is 5.13 Å². The van der Waals surface area contributed by atoms with Crippen molar-refractivity contribution >= 4 is 57.3 Å². The smallest absolute Gasteiger partial charge is 0.301 e. The van der Waals surface area contributed by atoms with Crippen molar-refractivity contribution in [2.45, 2.75) is 62.3 Å². The molecule has 12 heteroatoms. The zero-order chi connectivity index (χ0) is 33.1. The molecule has 0 unspecified atom stereocenters. The van der Waals surface area contributed by atoms with Gasteiger partial charge in [-0.15, -0.1) is 10.2 Å². The van der Waals surface area contributed by atoms with Gasteiger partial charge >= 0.3 is 5.91 Å². The van der Waals surface area contributed by atoms with Crippen molar-refractivity contribution in [3.63, 3.8) is 0 Å². The van der Waals surface area contributed by atoms with E-state index >= 15 is 0 Å². The van der Waals surface area contributed by atoms with Gasteiger partial charge in [0.1, 0.15) is 17.6 Å². The van der Waals surface area contributed by atoms with Gasteiger partial charge in [-0.1, -0.05) is 66.2 Å². The van der Waals surface area contributed by atoms with Gasteiger partial charge in [-0.25, -0.2) is 0 Å². The lowest BCUT2D eigenvalue weighted by Crippen LogP contribution is -2.29. The molecule has 4 aromatic rings. The minimum Gasteiger partial charge on any atom is -0.507 e. The zero-order valence-electron chi connectivity index (χ0n) is 26.2. The maximum Gasteiger partial charge on any atom is 0.301 e. The number of benzene rings is 3. The number of aliphatic hydroxyl groups excluding tert-OH is 1. The predicted molar refractivity (Wildman–Crippen MR) is 184 cm³/mol. The Morgan fingerprint density at radius 2 is 1.87 bits per heavy atom. The lowest BCUT2D eigenvalue weighted by Gasteiger charge is -2.23.